The second kappa shape index (κ2) is 10.2. The molecule has 0 bridgehead atoms. The molecule has 0 aliphatic heterocycles. The van der Waals surface area contributed by atoms with Gasteiger partial charge in [-0.2, -0.15) is 0 Å². The molecule has 2 aliphatic carbocycles. The zero-order valence-electron chi connectivity index (χ0n) is 18.0. The van der Waals surface area contributed by atoms with Crippen LogP contribution in [0.5, 0.6) is 0 Å². The molecule has 3 rings (SSSR count). The van der Waals surface area contributed by atoms with Gasteiger partial charge in [0.1, 0.15) is 0 Å². The van der Waals surface area contributed by atoms with Crippen LogP contribution >= 0.6 is 11.6 Å². The minimum Gasteiger partial charge on any atom is -0.318 e. The molecular weight excluding hydrogens is 420 g/mol. The molecule has 1 aromatic carbocycles. The molecule has 30 heavy (non-hydrogen) atoms. The summed E-state index contributed by atoms with van der Waals surface area (Å²) in [4.78, 5) is 15.3. The van der Waals surface area contributed by atoms with E-state index in [1.165, 1.54) is 12.8 Å². The standard InChI is InChI=1S/C23H33ClN2O3S/c1-17(19-13-15-20(24)16-14-19)18(2)30(28,29)25-23(27)26(21-9-5-3-6-10-21)22-11-7-4-8-12-22/h13-16,21-22H,3-12H2,1-2H3,(H,25,27). The Morgan fingerprint density at radius 3 is 1.83 bits per heavy atom. The van der Waals surface area contributed by atoms with Crippen molar-refractivity contribution in [1.82, 2.24) is 9.62 Å². The minimum atomic E-state index is -3.93. The predicted molar refractivity (Wildman–Crippen MR) is 123 cm³/mol. The Morgan fingerprint density at radius 1 is 0.900 bits per heavy atom. The van der Waals surface area contributed by atoms with E-state index in [1.54, 1.807) is 38.1 Å². The number of carbonyl (C=O) groups is 1. The molecule has 1 aromatic rings. The van der Waals surface area contributed by atoms with Crippen molar-refractivity contribution in [1.29, 1.82) is 0 Å². The number of allylic oxidation sites excluding steroid dienone is 2. The average molecular weight is 453 g/mol. The summed E-state index contributed by atoms with van der Waals surface area (Å²) in [7, 11) is -3.93. The Balaban J connectivity index is 1.82. The summed E-state index contributed by atoms with van der Waals surface area (Å²) in [5, 5.41) is 0.593. The van der Waals surface area contributed by atoms with E-state index in [1.807, 2.05) is 4.90 Å². The Kier molecular flexibility index (Phi) is 7.86. The lowest BCUT2D eigenvalue weighted by Gasteiger charge is -2.41. The molecule has 2 amide bonds. The molecular formula is C23H33ClN2O3S. The van der Waals surface area contributed by atoms with Crippen LogP contribution in [0.15, 0.2) is 29.2 Å². The molecule has 0 radical (unpaired) electrons. The maximum atomic E-state index is 13.3. The number of rotatable bonds is 5. The normalized spacial score (nSPS) is 19.8. The summed E-state index contributed by atoms with van der Waals surface area (Å²) in [5.74, 6) is 0. The Bertz CT molecular complexity index is 850. The number of urea groups is 1. The van der Waals surface area contributed by atoms with Crippen molar-refractivity contribution >= 4 is 33.2 Å². The lowest BCUT2D eigenvalue weighted by molar-refractivity contribution is 0.108. The fourth-order valence-electron chi connectivity index (χ4n) is 4.70. The van der Waals surface area contributed by atoms with Crippen LogP contribution in [-0.4, -0.2) is 31.4 Å². The molecule has 0 atom stereocenters. The number of hydrogen-bond donors (Lipinski definition) is 1. The van der Waals surface area contributed by atoms with Crippen LogP contribution in [0.4, 0.5) is 4.79 Å². The van der Waals surface area contributed by atoms with Gasteiger partial charge in [-0.15, -0.1) is 0 Å². The summed E-state index contributed by atoms with van der Waals surface area (Å²) in [6.07, 6.45) is 10.6. The highest BCUT2D eigenvalue weighted by atomic mass is 35.5. The molecule has 2 fully saturated rings. The van der Waals surface area contributed by atoms with E-state index < -0.39 is 16.1 Å². The number of halogens is 1. The van der Waals surface area contributed by atoms with Crippen molar-refractivity contribution in [3.63, 3.8) is 0 Å². The molecule has 7 heteroatoms. The van der Waals surface area contributed by atoms with Crippen molar-refractivity contribution in [3.05, 3.63) is 39.8 Å². The molecule has 0 spiro atoms. The maximum absolute atomic E-state index is 13.3. The lowest BCUT2D eigenvalue weighted by atomic mass is 9.89. The molecule has 1 N–H and O–H groups in total. The summed E-state index contributed by atoms with van der Waals surface area (Å²) in [5.41, 5.74) is 1.37. The molecule has 0 unspecified atom stereocenters. The quantitative estimate of drug-likeness (QED) is 0.587. The highest BCUT2D eigenvalue weighted by Crippen LogP contribution is 2.31. The zero-order chi connectivity index (χ0) is 21.7. The van der Waals surface area contributed by atoms with E-state index >= 15 is 0 Å². The first-order valence-corrected chi connectivity index (χ1v) is 12.9. The van der Waals surface area contributed by atoms with Gasteiger partial charge in [0, 0.05) is 17.1 Å². The van der Waals surface area contributed by atoms with Crippen molar-refractivity contribution < 1.29 is 13.2 Å². The second-order valence-electron chi connectivity index (χ2n) is 8.59. The van der Waals surface area contributed by atoms with Crippen LogP contribution in [0, 0.1) is 0 Å². The van der Waals surface area contributed by atoms with E-state index in [9.17, 15) is 13.2 Å². The maximum Gasteiger partial charge on any atom is 0.331 e. The first-order valence-electron chi connectivity index (χ1n) is 11.1. The smallest absolute Gasteiger partial charge is 0.318 e. The molecule has 2 aliphatic rings. The third kappa shape index (κ3) is 5.58. The third-order valence-electron chi connectivity index (χ3n) is 6.60. The number of nitrogens with one attached hydrogen (secondary N) is 1. The monoisotopic (exact) mass is 452 g/mol. The van der Waals surface area contributed by atoms with Gasteiger partial charge >= 0.3 is 6.03 Å². The van der Waals surface area contributed by atoms with Gasteiger partial charge in [-0.3, -0.25) is 0 Å². The molecule has 0 heterocycles. The van der Waals surface area contributed by atoms with Crippen LogP contribution < -0.4 is 4.72 Å². The van der Waals surface area contributed by atoms with E-state index in [2.05, 4.69) is 4.72 Å². The fourth-order valence-corrected chi connectivity index (χ4v) is 5.83. The number of benzene rings is 1. The van der Waals surface area contributed by atoms with Crippen LogP contribution in [0.1, 0.15) is 83.6 Å². The number of hydrogen-bond acceptors (Lipinski definition) is 3. The highest BCUT2D eigenvalue weighted by molar-refractivity contribution is 7.94. The van der Waals surface area contributed by atoms with Gasteiger partial charge in [0.25, 0.3) is 10.0 Å². The number of amides is 2. The van der Waals surface area contributed by atoms with Gasteiger partial charge in [-0.1, -0.05) is 62.3 Å². The molecule has 0 aromatic heterocycles. The number of carbonyl (C=O) groups excluding carboxylic acids is 1. The van der Waals surface area contributed by atoms with Crippen LogP contribution in [-0.2, 0) is 10.0 Å². The molecule has 0 saturated heterocycles. The molecule has 2 saturated carbocycles. The largest absolute Gasteiger partial charge is 0.331 e. The number of sulfonamides is 1. The van der Waals surface area contributed by atoms with E-state index in [-0.39, 0.29) is 17.0 Å². The van der Waals surface area contributed by atoms with E-state index in [4.69, 9.17) is 11.6 Å². The second-order valence-corrected chi connectivity index (χ2v) is 10.8. The highest BCUT2D eigenvalue weighted by Gasteiger charge is 2.34. The van der Waals surface area contributed by atoms with Gasteiger partial charge in [-0.25, -0.2) is 17.9 Å². The Labute approximate surface area is 185 Å². The Morgan fingerprint density at radius 2 is 1.37 bits per heavy atom. The lowest BCUT2D eigenvalue weighted by Crippen LogP contribution is -2.53. The van der Waals surface area contributed by atoms with Gasteiger partial charge in [0.2, 0.25) is 0 Å². The summed E-state index contributed by atoms with van der Waals surface area (Å²) in [6.45, 7) is 3.30. The summed E-state index contributed by atoms with van der Waals surface area (Å²) in [6, 6.07) is 6.85. The van der Waals surface area contributed by atoms with Gasteiger partial charge in [-0.05, 0) is 62.8 Å². The fraction of sp³-hybridized carbons (Fsp3) is 0.609. The van der Waals surface area contributed by atoms with E-state index in [0.717, 1.165) is 56.9 Å². The van der Waals surface area contributed by atoms with Crippen LogP contribution in [0.25, 0.3) is 5.57 Å². The Hall–Kier alpha value is -1.53. The zero-order valence-corrected chi connectivity index (χ0v) is 19.6. The van der Waals surface area contributed by atoms with Crippen molar-refractivity contribution in [2.24, 2.45) is 0 Å². The number of nitrogens with zero attached hydrogens (tertiary/aromatic N) is 1. The summed E-state index contributed by atoms with van der Waals surface area (Å²) < 4.78 is 28.5. The topological polar surface area (TPSA) is 66.5 Å². The van der Waals surface area contributed by atoms with E-state index in [0.29, 0.717) is 10.6 Å². The van der Waals surface area contributed by atoms with Crippen molar-refractivity contribution in [2.75, 3.05) is 0 Å². The molecule has 5 nitrogen and oxygen atoms in total. The summed E-state index contributed by atoms with van der Waals surface area (Å²) >= 11 is 5.94. The van der Waals surface area contributed by atoms with Gasteiger partial charge < -0.3 is 4.90 Å². The minimum absolute atomic E-state index is 0.138. The predicted octanol–water partition coefficient (Wildman–Crippen LogP) is 6.10. The van der Waals surface area contributed by atoms with Crippen LogP contribution in [0.3, 0.4) is 0 Å². The third-order valence-corrected chi connectivity index (χ3v) is 8.41. The van der Waals surface area contributed by atoms with Crippen LogP contribution in [0.2, 0.25) is 5.02 Å². The average Bonchev–Trinajstić information content (AvgIpc) is 2.74. The molecule has 166 valence electrons. The SMILES string of the molecule is CC(=C(C)S(=O)(=O)NC(=O)N(C1CCCCC1)C1CCCCC1)c1ccc(Cl)cc1. The van der Waals surface area contributed by atoms with Gasteiger partial charge in [0.15, 0.2) is 0 Å². The first kappa shape index (κ1) is 23.1. The van der Waals surface area contributed by atoms with Crippen molar-refractivity contribution in [3.8, 4) is 0 Å². The van der Waals surface area contributed by atoms with Gasteiger partial charge in [0.05, 0.1) is 4.91 Å². The van der Waals surface area contributed by atoms with Crippen molar-refractivity contribution in [2.45, 2.75) is 90.1 Å². The first-order chi connectivity index (χ1) is 14.3.